The van der Waals surface area contributed by atoms with Crippen LogP contribution in [-0.4, -0.2) is 46.2 Å². The Kier molecular flexibility index (Phi) is 4.31. The van der Waals surface area contributed by atoms with Crippen LogP contribution in [0.3, 0.4) is 0 Å². The fourth-order valence-corrected chi connectivity index (χ4v) is 2.93. The molecule has 1 atom stereocenters. The second-order valence-corrected chi connectivity index (χ2v) is 5.32. The molecule has 1 unspecified atom stereocenters. The van der Waals surface area contributed by atoms with E-state index in [2.05, 4.69) is 0 Å². The lowest BCUT2D eigenvalue weighted by Crippen LogP contribution is -2.43. The number of carboxylic acid groups (broad SMARTS) is 1. The van der Waals surface area contributed by atoms with E-state index in [1.165, 1.54) is 16.7 Å². The van der Waals surface area contributed by atoms with E-state index in [4.69, 9.17) is 9.84 Å². The van der Waals surface area contributed by atoms with Crippen LogP contribution in [0, 0.1) is 6.92 Å². The van der Waals surface area contributed by atoms with Gasteiger partial charge in [-0.1, -0.05) is 17.7 Å². The molecule has 0 radical (unpaired) electrons. The molecule has 1 aromatic rings. The topological polar surface area (TPSA) is 66.8 Å². The van der Waals surface area contributed by atoms with Gasteiger partial charge >= 0.3 is 5.97 Å². The Labute approximate surface area is 115 Å². The summed E-state index contributed by atoms with van der Waals surface area (Å²) in [5.74, 6) is 0.197. The van der Waals surface area contributed by atoms with Gasteiger partial charge in [-0.3, -0.25) is 4.79 Å². The summed E-state index contributed by atoms with van der Waals surface area (Å²) in [6.45, 7) is 1.83. The van der Waals surface area contributed by atoms with Gasteiger partial charge in [0.1, 0.15) is 11.8 Å². The van der Waals surface area contributed by atoms with Gasteiger partial charge in [0, 0.05) is 5.75 Å². The van der Waals surface area contributed by atoms with Gasteiger partial charge in [0.2, 0.25) is 0 Å². The standard InChI is InChI=1S/C13H15NO4S/c1-9-2-4-10(5-3-9)18-6-12(15)14-8-19-7-11(14)13(16)17/h2-5,11H,6-8H2,1H3,(H,16,17). The van der Waals surface area contributed by atoms with Crippen LogP contribution in [0.15, 0.2) is 24.3 Å². The second kappa shape index (κ2) is 5.97. The number of aryl methyl sites for hydroxylation is 1. The van der Waals surface area contributed by atoms with Crippen molar-refractivity contribution in [2.45, 2.75) is 13.0 Å². The Morgan fingerprint density at radius 2 is 2.11 bits per heavy atom. The predicted octanol–water partition coefficient (Wildman–Crippen LogP) is 1.36. The van der Waals surface area contributed by atoms with Gasteiger partial charge < -0.3 is 14.7 Å². The Morgan fingerprint density at radius 1 is 1.42 bits per heavy atom. The highest BCUT2D eigenvalue weighted by molar-refractivity contribution is 7.99. The van der Waals surface area contributed by atoms with Crippen molar-refractivity contribution in [3.63, 3.8) is 0 Å². The molecule has 102 valence electrons. The monoisotopic (exact) mass is 281 g/mol. The van der Waals surface area contributed by atoms with Crippen LogP contribution in [0.4, 0.5) is 0 Å². The zero-order chi connectivity index (χ0) is 13.8. The SMILES string of the molecule is Cc1ccc(OCC(=O)N2CSCC2C(=O)O)cc1. The molecule has 0 aromatic heterocycles. The van der Waals surface area contributed by atoms with Crippen LogP contribution in [0.5, 0.6) is 5.75 Å². The first-order valence-electron chi connectivity index (χ1n) is 5.87. The number of amides is 1. The first-order valence-corrected chi connectivity index (χ1v) is 7.03. The molecule has 1 saturated heterocycles. The van der Waals surface area contributed by atoms with Crippen molar-refractivity contribution in [2.24, 2.45) is 0 Å². The molecule has 0 saturated carbocycles. The van der Waals surface area contributed by atoms with E-state index in [9.17, 15) is 9.59 Å². The van der Waals surface area contributed by atoms with Crippen molar-refractivity contribution < 1.29 is 19.4 Å². The number of benzene rings is 1. The molecule has 1 amide bonds. The van der Waals surface area contributed by atoms with Crippen LogP contribution < -0.4 is 4.74 Å². The summed E-state index contributed by atoms with van der Waals surface area (Å²) in [6.07, 6.45) is 0. The van der Waals surface area contributed by atoms with Gasteiger partial charge in [-0.05, 0) is 19.1 Å². The van der Waals surface area contributed by atoms with Crippen molar-refractivity contribution >= 4 is 23.6 Å². The van der Waals surface area contributed by atoms with Crippen LogP contribution in [0.2, 0.25) is 0 Å². The maximum Gasteiger partial charge on any atom is 0.327 e. The molecule has 6 heteroatoms. The molecule has 5 nitrogen and oxygen atoms in total. The van der Waals surface area contributed by atoms with E-state index < -0.39 is 12.0 Å². The minimum Gasteiger partial charge on any atom is -0.484 e. The summed E-state index contributed by atoms with van der Waals surface area (Å²) in [7, 11) is 0. The Bertz CT molecular complexity index is 474. The lowest BCUT2D eigenvalue weighted by atomic mass is 10.2. The highest BCUT2D eigenvalue weighted by Gasteiger charge is 2.34. The number of carboxylic acids is 1. The van der Waals surface area contributed by atoms with Crippen molar-refractivity contribution in [3.8, 4) is 5.75 Å². The van der Waals surface area contributed by atoms with Gasteiger partial charge in [0.05, 0.1) is 5.88 Å². The van der Waals surface area contributed by atoms with Gasteiger partial charge in [-0.15, -0.1) is 11.8 Å². The van der Waals surface area contributed by atoms with E-state index in [1.807, 2.05) is 19.1 Å². The van der Waals surface area contributed by atoms with Crippen molar-refractivity contribution in [1.29, 1.82) is 0 Å². The number of aliphatic carboxylic acids is 1. The minimum atomic E-state index is -0.964. The molecule has 2 rings (SSSR count). The summed E-state index contributed by atoms with van der Waals surface area (Å²) in [4.78, 5) is 24.3. The van der Waals surface area contributed by atoms with Crippen LogP contribution in [0.25, 0.3) is 0 Å². The Hall–Kier alpha value is -1.69. The fraction of sp³-hybridized carbons (Fsp3) is 0.385. The maximum absolute atomic E-state index is 11.9. The molecule has 1 fully saturated rings. The number of carbonyl (C=O) groups excluding carboxylic acids is 1. The van der Waals surface area contributed by atoms with E-state index in [1.54, 1.807) is 12.1 Å². The average molecular weight is 281 g/mol. The molecule has 1 N–H and O–H groups in total. The first kappa shape index (κ1) is 13.7. The van der Waals surface area contributed by atoms with Crippen molar-refractivity contribution in [2.75, 3.05) is 18.2 Å². The summed E-state index contributed by atoms with van der Waals surface area (Å²) in [5.41, 5.74) is 1.11. The van der Waals surface area contributed by atoms with Crippen LogP contribution in [-0.2, 0) is 9.59 Å². The predicted molar refractivity (Wildman–Crippen MR) is 72.3 cm³/mol. The molecule has 1 aromatic carbocycles. The molecule has 0 spiro atoms. The molecule has 1 aliphatic rings. The van der Waals surface area contributed by atoms with E-state index in [0.717, 1.165) is 5.56 Å². The van der Waals surface area contributed by atoms with Crippen molar-refractivity contribution in [3.05, 3.63) is 29.8 Å². The zero-order valence-electron chi connectivity index (χ0n) is 10.5. The lowest BCUT2D eigenvalue weighted by Gasteiger charge is -2.20. The van der Waals surface area contributed by atoms with E-state index in [0.29, 0.717) is 17.4 Å². The smallest absolute Gasteiger partial charge is 0.327 e. The highest BCUT2D eigenvalue weighted by atomic mass is 32.2. The number of ether oxygens (including phenoxy) is 1. The average Bonchev–Trinajstić information content (AvgIpc) is 2.87. The minimum absolute atomic E-state index is 0.132. The van der Waals surface area contributed by atoms with Gasteiger partial charge in [0.15, 0.2) is 6.61 Å². The molecule has 1 aliphatic heterocycles. The Balaban J connectivity index is 1.90. The number of hydrogen-bond acceptors (Lipinski definition) is 4. The molecule has 0 bridgehead atoms. The number of nitrogens with zero attached hydrogens (tertiary/aromatic N) is 1. The summed E-state index contributed by atoms with van der Waals surface area (Å²) >= 11 is 1.44. The van der Waals surface area contributed by atoms with Gasteiger partial charge in [-0.25, -0.2) is 4.79 Å². The highest BCUT2D eigenvalue weighted by Crippen LogP contribution is 2.21. The summed E-state index contributed by atoms with van der Waals surface area (Å²) < 4.78 is 5.37. The number of hydrogen-bond donors (Lipinski definition) is 1. The molecule has 0 aliphatic carbocycles. The Morgan fingerprint density at radius 3 is 2.74 bits per heavy atom. The zero-order valence-corrected chi connectivity index (χ0v) is 11.4. The fourth-order valence-electron chi connectivity index (χ4n) is 1.76. The van der Waals surface area contributed by atoms with E-state index >= 15 is 0 Å². The molecule has 19 heavy (non-hydrogen) atoms. The second-order valence-electron chi connectivity index (χ2n) is 4.32. The van der Waals surface area contributed by atoms with Gasteiger partial charge in [-0.2, -0.15) is 0 Å². The third-order valence-corrected chi connectivity index (χ3v) is 3.88. The first-order chi connectivity index (χ1) is 9.08. The van der Waals surface area contributed by atoms with Crippen LogP contribution in [0.1, 0.15) is 5.56 Å². The maximum atomic E-state index is 11.9. The van der Waals surface area contributed by atoms with E-state index in [-0.39, 0.29) is 12.5 Å². The van der Waals surface area contributed by atoms with Gasteiger partial charge in [0.25, 0.3) is 5.91 Å². The summed E-state index contributed by atoms with van der Waals surface area (Å²) in [6, 6.07) is 6.63. The third kappa shape index (κ3) is 3.41. The molecular weight excluding hydrogens is 266 g/mol. The number of thioether (sulfide) groups is 1. The normalized spacial score (nSPS) is 18.4. The largest absolute Gasteiger partial charge is 0.484 e. The number of carbonyl (C=O) groups is 2. The molecule has 1 heterocycles. The number of rotatable bonds is 4. The molecular formula is C13H15NO4S. The van der Waals surface area contributed by atoms with Crippen LogP contribution >= 0.6 is 11.8 Å². The quantitative estimate of drug-likeness (QED) is 0.902. The summed E-state index contributed by atoms with van der Waals surface area (Å²) in [5, 5.41) is 9.00. The third-order valence-electron chi connectivity index (χ3n) is 2.87. The lowest BCUT2D eigenvalue weighted by molar-refractivity contribution is -0.148. The van der Waals surface area contributed by atoms with Crippen molar-refractivity contribution in [1.82, 2.24) is 4.90 Å².